The predicted octanol–water partition coefficient (Wildman–Crippen LogP) is 0.492. The van der Waals surface area contributed by atoms with Gasteiger partial charge in [-0.15, -0.1) is 0 Å². The molecule has 0 saturated carbocycles. The van der Waals surface area contributed by atoms with Crippen LogP contribution in [-0.4, -0.2) is 71.7 Å². The third kappa shape index (κ3) is 4.94. The van der Waals surface area contributed by atoms with E-state index in [1.165, 1.54) is 5.01 Å². The summed E-state index contributed by atoms with van der Waals surface area (Å²) in [6.45, 7) is 5.90. The van der Waals surface area contributed by atoms with E-state index >= 15 is 0 Å². The highest BCUT2D eigenvalue weighted by Gasteiger charge is 2.50. The molecule has 1 fully saturated rings. The van der Waals surface area contributed by atoms with Crippen molar-refractivity contribution in [2.75, 3.05) is 26.7 Å². The van der Waals surface area contributed by atoms with Crippen molar-refractivity contribution >= 4 is 23.4 Å². The zero-order valence-electron chi connectivity index (χ0n) is 18.6. The fourth-order valence-electron chi connectivity index (χ4n) is 3.80. The standard InChI is InChI=1S/C22H31N5O4/c1-21(2,23)19(29)24-16(13-31-12-15-8-6-5-7-9-15)18(28)27-11-10-17-22(3,14-27)20(30)26(4)25-17/h5-9,16H,10-14,23H2,1-4H3,(H,24,29)/t16-,22-/m1/s1. The maximum Gasteiger partial charge on any atom is 0.255 e. The van der Waals surface area contributed by atoms with Crippen LogP contribution in [0.25, 0.3) is 0 Å². The van der Waals surface area contributed by atoms with Gasteiger partial charge in [-0.3, -0.25) is 14.4 Å². The molecule has 0 unspecified atom stereocenters. The van der Waals surface area contributed by atoms with E-state index < -0.39 is 22.9 Å². The molecular formula is C22H31N5O4. The van der Waals surface area contributed by atoms with Crippen molar-refractivity contribution in [3.8, 4) is 0 Å². The lowest BCUT2D eigenvalue weighted by molar-refractivity contribution is -0.143. The molecule has 1 aromatic rings. The quantitative estimate of drug-likeness (QED) is 0.654. The summed E-state index contributed by atoms with van der Waals surface area (Å²) in [6, 6.07) is 8.66. The molecule has 1 aromatic carbocycles. The van der Waals surface area contributed by atoms with Crippen LogP contribution in [0.3, 0.4) is 0 Å². The minimum absolute atomic E-state index is 0.00242. The fraction of sp³-hybridized carbons (Fsp3) is 0.545. The largest absolute Gasteiger partial charge is 0.374 e. The van der Waals surface area contributed by atoms with Crippen LogP contribution in [0.15, 0.2) is 35.4 Å². The summed E-state index contributed by atoms with van der Waals surface area (Å²) in [5, 5.41) is 8.38. The molecule has 2 aliphatic rings. The highest BCUT2D eigenvalue weighted by atomic mass is 16.5. The van der Waals surface area contributed by atoms with E-state index in [0.29, 0.717) is 19.6 Å². The highest BCUT2D eigenvalue weighted by Crippen LogP contribution is 2.34. The van der Waals surface area contributed by atoms with Gasteiger partial charge in [-0.2, -0.15) is 5.10 Å². The number of carbonyl (C=O) groups excluding carboxylic acids is 3. The molecule has 3 rings (SSSR count). The first kappa shape index (κ1) is 22.9. The summed E-state index contributed by atoms with van der Waals surface area (Å²) < 4.78 is 5.76. The molecule has 0 aromatic heterocycles. The normalized spacial score (nSPS) is 22.1. The number of benzene rings is 1. The Hall–Kier alpha value is -2.78. The van der Waals surface area contributed by atoms with Gasteiger partial charge < -0.3 is 20.7 Å². The first-order valence-electron chi connectivity index (χ1n) is 10.4. The molecule has 31 heavy (non-hydrogen) atoms. The maximum atomic E-state index is 13.3. The Balaban J connectivity index is 1.71. The van der Waals surface area contributed by atoms with E-state index in [4.69, 9.17) is 10.5 Å². The number of hydrazone groups is 1. The van der Waals surface area contributed by atoms with Gasteiger partial charge in [-0.05, 0) is 26.3 Å². The molecule has 168 valence electrons. The number of fused-ring (bicyclic) bond motifs is 1. The average molecular weight is 430 g/mol. The molecule has 0 bridgehead atoms. The Morgan fingerprint density at radius 2 is 2.00 bits per heavy atom. The molecule has 2 atom stereocenters. The van der Waals surface area contributed by atoms with Crippen molar-refractivity contribution in [3.05, 3.63) is 35.9 Å². The number of nitrogens with one attached hydrogen (secondary N) is 1. The van der Waals surface area contributed by atoms with Crippen LogP contribution in [0.1, 0.15) is 32.8 Å². The van der Waals surface area contributed by atoms with Gasteiger partial charge in [-0.1, -0.05) is 30.3 Å². The molecule has 9 nitrogen and oxygen atoms in total. The topological polar surface area (TPSA) is 117 Å². The molecule has 2 aliphatic heterocycles. The Morgan fingerprint density at radius 1 is 1.32 bits per heavy atom. The first-order chi connectivity index (χ1) is 14.5. The van der Waals surface area contributed by atoms with Gasteiger partial charge in [0.05, 0.1) is 24.5 Å². The Labute approximate surface area is 182 Å². The molecule has 3 amide bonds. The Morgan fingerprint density at radius 3 is 2.65 bits per heavy atom. The van der Waals surface area contributed by atoms with Gasteiger partial charge in [0.15, 0.2) is 0 Å². The molecule has 0 aliphatic carbocycles. The molecule has 2 heterocycles. The summed E-state index contributed by atoms with van der Waals surface area (Å²) in [5.74, 6) is -0.881. The second-order valence-electron chi connectivity index (χ2n) is 8.97. The number of carbonyl (C=O) groups is 3. The number of likely N-dealkylation sites (tertiary alicyclic amines) is 1. The summed E-state index contributed by atoms with van der Waals surface area (Å²) in [4.78, 5) is 40.0. The molecule has 0 spiro atoms. The lowest BCUT2D eigenvalue weighted by Gasteiger charge is -2.38. The van der Waals surface area contributed by atoms with Crippen molar-refractivity contribution < 1.29 is 19.1 Å². The minimum atomic E-state index is -1.14. The van der Waals surface area contributed by atoms with E-state index in [2.05, 4.69) is 10.4 Å². The number of amides is 3. The zero-order valence-corrected chi connectivity index (χ0v) is 18.6. The van der Waals surface area contributed by atoms with Crippen LogP contribution in [0, 0.1) is 5.41 Å². The van der Waals surface area contributed by atoms with Crippen molar-refractivity contribution in [1.29, 1.82) is 0 Å². The van der Waals surface area contributed by atoms with Crippen LogP contribution < -0.4 is 11.1 Å². The SMILES string of the molecule is CN1N=C2CCN(C(=O)[C@@H](COCc3ccccc3)NC(=O)C(C)(C)N)C[C@@]2(C)C1=O. The van der Waals surface area contributed by atoms with Gasteiger partial charge in [-0.25, -0.2) is 5.01 Å². The van der Waals surface area contributed by atoms with E-state index in [1.54, 1.807) is 32.7 Å². The monoisotopic (exact) mass is 429 g/mol. The average Bonchev–Trinajstić information content (AvgIpc) is 2.95. The van der Waals surface area contributed by atoms with Gasteiger partial charge in [0.1, 0.15) is 11.5 Å². The first-order valence-corrected chi connectivity index (χ1v) is 10.4. The molecule has 1 saturated heterocycles. The lowest BCUT2D eigenvalue weighted by Crippen LogP contribution is -2.60. The summed E-state index contributed by atoms with van der Waals surface area (Å²) in [7, 11) is 1.62. The number of piperidine rings is 1. The molecule has 9 heteroatoms. The number of hydrogen-bond donors (Lipinski definition) is 2. The Bertz CT molecular complexity index is 880. The van der Waals surface area contributed by atoms with E-state index in [-0.39, 0.29) is 25.0 Å². The van der Waals surface area contributed by atoms with Crippen LogP contribution >= 0.6 is 0 Å². The van der Waals surface area contributed by atoms with Crippen molar-refractivity contribution in [1.82, 2.24) is 15.2 Å². The number of rotatable bonds is 7. The van der Waals surface area contributed by atoms with Crippen molar-refractivity contribution in [2.45, 2.75) is 45.4 Å². The third-order valence-electron chi connectivity index (χ3n) is 5.70. The highest BCUT2D eigenvalue weighted by molar-refractivity contribution is 6.13. The van der Waals surface area contributed by atoms with Crippen molar-refractivity contribution in [3.63, 3.8) is 0 Å². The van der Waals surface area contributed by atoms with Crippen LogP contribution in [0.4, 0.5) is 0 Å². The molecule has 0 radical (unpaired) electrons. The summed E-state index contributed by atoms with van der Waals surface area (Å²) >= 11 is 0. The predicted molar refractivity (Wildman–Crippen MR) is 116 cm³/mol. The second-order valence-corrected chi connectivity index (χ2v) is 8.97. The van der Waals surface area contributed by atoms with Gasteiger partial charge in [0.2, 0.25) is 11.8 Å². The molecular weight excluding hydrogens is 398 g/mol. The van der Waals surface area contributed by atoms with Crippen LogP contribution in [-0.2, 0) is 25.7 Å². The fourth-order valence-corrected chi connectivity index (χ4v) is 3.80. The number of nitrogens with two attached hydrogens (primary N) is 1. The van der Waals surface area contributed by atoms with E-state index in [1.807, 2.05) is 30.3 Å². The zero-order chi connectivity index (χ0) is 22.8. The maximum absolute atomic E-state index is 13.3. The number of hydrogen-bond acceptors (Lipinski definition) is 6. The van der Waals surface area contributed by atoms with Crippen LogP contribution in [0.5, 0.6) is 0 Å². The Kier molecular flexibility index (Phi) is 6.47. The van der Waals surface area contributed by atoms with Crippen LogP contribution in [0.2, 0.25) is 0 Å². The number of nitrogens with zero attached hydrogens (tertiary/aromatic N) is 3. The van der Waals surface area contributed by atoms with E-state index in [0.717, 1.165) is 11.3 Å². The summed E-state index contributed by atoms with van der Waals surface area (Å²) in [6.07, 6.45) is 0.506. The lowest BCUT2D eigenvalue weighted by atomic mass is 9.79. The number of ether oxygens (including phenoxy) is 1. The van der Waals surface area contributed by atoms with Gasteiger partial charge in [0.25, 0.3) is 5.91 Å². The van der Waals surface area contributed by atoms with Gasteiger partial charge in [0, 0.05) is 26.6 Å². The smallest absolute Gasteiger partial charge is 0.255 e. The molecule has 3 N–H and O–H groups in total. The van der Waals surface area contributed by atoms with E-state index in [9.17, 15) is 14.4 Å². The minimum Gasteiger partial charge on any atom is -0.374 e. The summed E-state index contributed by atoms with van der Waals surface area (Å²) in [5.41, 5.74) is 5.67. The van der Waals surface area contributed by atoms with Crippen molar-refractivity contribution in [2.24, 2.45) is 16.3 Å². The second kappa shape index (κ2) is 8.76. The third-order valence-corrected chi connectivity index (χ3v) is 5.70. The van der Waals surface area contributed by atoms with Gasteiger partial charge >= 0.3 is 0 Å².